The number of rotatable bonds is 5. The van der Waals surface area contributed by atoms with Gasteiger partial charge in [0.1, 0.15) is 0 Å². The molecule has 2 atom stereocenters. The number of nitrogens with zero attached hydrogens (tertiary/aromatic N) is 4. The Labute approximate surface area is 185 Å². The maximum absolute atomic E-state index is 13.8. The lowest BCUT2D eigenvalue weighted by atomic mass is 9.90. The third kappa shape index (κ3) is 4.86. The van der Waals surface area contributed by atoms with Crippen molar-refractivity contribution in [3.05, 3.63) is 71.7 Å². The molecule has 3 heterocycles. The van der Waals surface area contributed by atoms with Gasteiger partial charge in [-0.25, -0.2) is 0 Å². The van der Waals surface area contributed by atoms with E-state index in [4.69, 9.17) is 5.10 Å². The summed E-state index contributed by atoms with van der Waals surface area (Å²) in [6.45, 7) is 6.58. The summed E-state index contributed by atoms with van der Waals surface area (Å²) in [5.74, 6) is -0.415. The molecule has 2 aromatic heterocycles. The van der Waals surface area contributed by atoms with Crippen molar-refractivity contribution in [2.45, 2.75) is 44.5 Å². The van der Waals surface area contributed by atoms with Crippen LogP contribution in [0.1, 0.15) is 42.6 Å². The van der Waals surface area contributed by atoms with Crippen LogP contribution in [-0.2, 0) is 6.18 Å². The highest BCUT2D eigenvalue weighted by Crippen LogP contribution is 2.42. The molecule has 1 saturated heterocycles. The molecular weight excluding hydrogens is 417 g/mol. The summed E-state index contributed by atoms with van der Waals surface area (Å²) in [7, 11) is 0. The lowest BCUT2D eigenvalue weighted by Crippen LogP contribution is -2.37. The molecule has 32 heavy (non-hydrogen) atoms. The van der Waals surface area contributed by atoms with Gasteiger partial charge in [0.15, 0.2) is 0 Å². The number of halogens is 3. The van der Waals surface area contributed by atoms with E-state index < -0.39 is 23.3 Å². The maximum Gasteiger partial charge on any atom is 0.416 e. The first-order valence-corrected chi connectivity index (χ1v) is 10.6. The predicted molar refractivity (Wildman–Crippen MR) is 116 cm³/mol. The second-order valence-corrected chi connectivity index (χ2v) is 9.13. The minimum Gasteiger partial charge on any atom is -0.389 e. The highest BCUT2D eigenvalue weighted by Gasteiger charge is 2.42. The van der Waals surface area contributed by atoms with Gasteiger partial charge in [-0.05, 0) is 50.6 Å². The molecule has 0 bridgehead atoms. The number of hydrogen-bond acceptors (Lipinski definition) is 4. The van der Waals surface area contributed by atoms with Crippen molar-refractivity contribution < 1.29 is 18.3 Å². The highest BCUT2D eigenvalue weighted by molar-refractivity contribution is 5.58. The Morgan fingerprint density at radius 2 is 1.84 bits per heavy atom. The maximum atomic E-state index is 13.8. The van der Waals surface area contributed by atoms with Crippen LogP contribution in [0.2, 0.25) is 0 Å². The first-order chi connectivity index (χ1) is 15.0. The Morgan fingerprint density at radius 1 is 1.09 bits per heavy atom. The van der Waals surface area contributed by atoms with Gasteiger partial charge in [-0.3, -0.25) is 14.6 Å². The van der Waals surface area contributed by atoms with Crippen molar-refractivity contribution in [2.75, 3.05) is 19.6 Å². The average Bonchev–Trinajstić information content (AvgIpc) is 3.33. The largest absolute Gasteiger partial charge is 0.416 e. The number of benzene rings is 1. The van der Waals surface area contributed by atoms with Crippen LogP contribution in [-0.4, -0.2) is 50.0 Å². The Hall–Kier alpha value is -2.71. The number of aliphatic hydroxyl groups is 1. The van der Waals surface area contributed by atoms with Crippen LogP contribution in [0, 0.1) is 6.92 Å². The molecule has 5 nitrogen and oxygen atoms in total. The topological polar surface area (TPSA) is 54.2 Å². The number of aromatic nitrogens is 3. The minimum atomic E-state index is -4.44. The van der Waals surface area contributed by atoms with Gasteiger partial charge in [-0.15, -0.1) is 0 Å². The standard InChI is InChI=1S/C24H27F3N4O/c1-16-12-17(8-10-28-16)21-9-11-31(29-21)22-14-30(15-23(2,3)32)13-19(22)18-6-4-5-7-20(18)24(25,26)27/h4-12,19,22,32H,13-15H2,1-3H3/t19-,22+/m0/s1. The fourth-order valence-electron chi connectivity index (χ4n) is 4.58. The van der Waals surface area contributed by atoms with E-state index in [0.29, 0.717) is 19.6 Å². The molecular formula is C24H27F3N4O. The summed E-state index contributed by atoms with van der Waals surface area (Å²) >= 11 is 0. The van der Waals surface area contributed by atoms with Gasteiger partial charge < -0.3 is 5.11 Å². The van der Waals surface area contributed by atoms with E-state index in [2.05, 4.69) is 4.98 Å². The Bertz CT molecular complexity index is 1090. The molecule has 8 heteroatoms. The third-order valence-electron chi connectivity index (χ3n) is 5.78. The van der Waals surface area contributed by atoms with Crippen LogP contribution in [0.4, 0.5) is 13.2 Å². The monoisotopic (exact) mass is 444 g/mol. The fraction of sp³-hybridized carbons (Fsp3) is 0.417. The van der Waals surface area contributed by atoms with Crippen molar-refractivity contribution in [3.8, 4) is 11.3 Å². The lowest BCUT2D eigenvalue weighted by Gasteiger charge is -2.25. The number of β-amino-alcohol motifs (C(OH)–C–C–N with tert-alkyl or cyclic N) is 1. The molecule has 0 aliphatic carbocycles. The number of hydrogen-bond donors (Lipinski definition) is 1. The van der Waals surface area contributed by atoms with Crippen molar-refractivity contribution >= 4 is 0 Å². The molecule has 4 rings (SSSR count). The molecule has 3 aromatic rings. The van der Waals surface area contributed by atoms with Crippen molar-refractivity contribution in [2.24, 2.45) is 0 Å². The van der Waals surface area contributed by atoms with Crippen LogP contribution in [0.15, 0.2) is 54.9 Å². The quantitative estimate of drug-likeness (QED) is 0.621. The van der Waals surface area contributed by atoms with Gasteiger partial charge in [0.2, 0.25) is 0 Å². The number of likely N-dealkylation sites (tertiary alicyclic amines) is 1. The molecule has 0 radical (unpaired) electrons. The minimum absolute atomic E-state index is 0.264. The normalized spacial score (nSPS) is 20.1. The lowest BCUT2D eigenvalue weighted by molar-refractivity contribution is -0.138. The molecule has 0 unspecified atom stereocenters. The summed E-state index contributed by atoms with van der Waals surface area (Å²) in [5, 5.41) is 15.0. The zero-order chi connectivity index (χ0) is 23.1. The molecule has 1 fully saturated rings. The van der Waals surface area contributed by atoms with Gasteiger partial charge in [-0.1, -0.05) is 18.2 Å². The van der Waals surface area contributed by atoms with Crippen LogP contribution >= 0.6 is 0 Å². The van der Waals surface area contributed by atoms with E-state index in [1.807, 2.05) is 36.2 Å². The molecule has 0 spiro atoms. The number of aryl methyl sites for hydroxylation is 1. The van der Waals surface area contributed by atoms with Crippen molar-refractivity contribution in [1.29, 1.82) is 0 Å². The van der Waals surface area contributed by atoms with Gasteiger partial charge in [0, 0.05) is 49.2 Å². The van der Waals surface area contributed by atoms with E-state index in [-0.39, 0.29) is 11.6 Å². The molecule has 1 aromatic carbocycles. The third-order valence-corrected chi connectivity index (χ3v) is 5.78. The Kier molecular flexibility index (Phi) is 5.85. The SMILES string of the molecule is Cc1cc(-c2ccn([C@@H]3CN(CC(C)(C)O)C[C@H]3c3ccccc3C(F)(F)F)n2)ccn1. The van der Waals surface area contributed by atoms with Crippen LogP contribution < -0.4 is 0 Å². The van der Waals surface area contributed by atoms with Gasteiger partial charge in [-0.2, -0.15) is 18.3 Å². The molecule has 0 amide bonds. The zero-order valence-corrected chi connectivity index (χ0v) is 18.3. The van der Waals surface area contributed by atoms with E-state index >= 15 is 0 Å². The van der Waals surface area contributed by atoms with Crippen molar-refractivity contribution in [1.82, 2.24) is 19.7 Å². The fourth-order valence-corrected chi connectivity index (χ4v) is 4.58. The molecule has 0 saturated carbocycles. The van der Waals surface area contributed by atoms with Crippen LogP contribution in [0.5, 0.6) is 0 Å². The summed E-state index contributed by atoms with van der Waals surface area (Å²) in [5.41, 5.74) is 1.23. The van der Waals surface area contributed by atoms with Crippen LogP contribution in [0.25, 0.3) is 11.3 Å². The molecule has 170 valence electrons. The van der Waals surface area contributed by atoms with E-state index in [1.54, 1.807) is 36.9 Å². The molecule has 1 aliphatic rings. The first-order valence-electron chi connectivity index (χ1n) is 10.6. The number of alkyl halides is 3. The van der Waals surface area contributed by atoms with E-state index in [1.165, 1.54) is 6.07 Å². The van der Waals surface area contributed by atoms with Gasteiger partial charge >= 0.3 is 6.18 Å². The highest BCUT2D eigenvalue weighted by atomic mass is 19.4. The Balaban J connectivity index is 1.72. The second-order valence-electron chi connectivity index (χ2n) is 9.13. The average molecular weight is 445 g/mol. The van der Waals surface area contributed by atoms with E-state index in [9.17, 15) is 18.3 Å². The summed E-state index contributed by atoms with van der Waals surface area (Å²) in [6.07, 6.45) is -0.895. The smallest absolute Gasteiger partial charge is 0.389 e. The molecule has 1 aliphatic heterocycles. The zero-order valence-electron chi connectivity index (χ0n) is 18.3. The first kappa shape index (κ1) is 22.5. The summed E-state index contributed by atoms with van der Waals surface area (Å²) < 4.78 is 43.1. The number of pyridine rings is 1. The Morgan fingerprint density at radius 3 is 2.53 bits per heavy atom. The molecule has 1 N–H and O–H groups in total. The summed E-state index contributed by atoms with van der Waals surface area (Å²) in [4.78, 5) is 6.22. The van der Waals surface area contributed by atoms with Crippen LogP contribution in [0.3, 0.4) is 0 Å². The summed E-state index contributed by atoms with van der Waals surface area (Å²) in [6, 6.07) is 11.1. The van der Waals surface area contributed by atoms with E-state index in [0.717, 1.165) is 23.0 Å². The second kappa shape index (κ2) is 8.33. The van der Waals surface area contributed by atoms with Crippen molar-refractivity contribution in [3.63, 3.8) is 0 Å². The van der Waals surface area contributed by atoms with Gasteiger partial charge in [0.05, 0.1) is 22.9 Å². The van der Waals surface area contributed by atoms with Gasteiger partial charge in [0.25, 0.3) is 0 Å². The predicted octanol–water partition coefficient (Wildman–Crippen LogP) is 4.68.